The quantitative estimate of drug-likeness (QED) is 0.157. The molecular formula is C36H58O5. The fourth-order valence-electron chi connectivity index (χ4n) is 5.85. The molecule has 0 unspecified atom stereocenters. The van der Waals surface area contributed by atoms with E-state index in [-0.39, 0.29) is 6.61 Å². The monoisotopic (exact) mass is 570 g/mol. The Balaban J connectivity index is 1.96. The maximum Gasteiger partial charge on any atom is 0.453 e. The molecule has 3 aliphatic rings. The fraction of sp³-hybridized carbons (Fsp3) is 0.750. The molecule has 0 radical (unpaired) electrons. The van der Waals surface area contributed by atoms with Crippen LogP contribution in [0.4, 0.5) is 0 Å². The van der Waals surface area contributed by atoms with Gasteiger partial charge in [0.15, 0.2) is 0 Å². The third-order valence-corrected chi connectivity index (χ3v) is 8.34. The number of hydrogen-bond donors (Lipinski definition) is 0. The van der Waals surface area contributed by atoms with Crippen molar-refractivity contribution in [2.24, 2.45) is 0 Å². The van der Waals surface area contributed by atoms with E-state index in [0.717, 1.165) is 94.3 Å². The third-order valence-electron chi connectivity index (χ3n) is 8.34. The van der Waals surface area contributed by atoms with E-state index in [1.807, 2.05) is 0 Å². The summed E-state index contributed by atoms with van der Waals surface area (Å²) in [5.74, 6) is 0.648. The van der Waals surface area contributed by atoms with Crippen molar-refractivity contribution < 1.29 is 23.7 Å². The van der Waals surface area contributed by atoms with Crippen LogP contribution in [-0.2, 0) is 23.7 Å². The van der Waals surface area contributed by atoms with Crippen molar-refractivity contribution in [1.82, 2.24) is 0 Å². The summed E-state index contributed by atoms with van der Waals surface area (Å²) in [6.45, 7) is 5.32. The van der Waals surface area contributed by atoms with Crippen LogP contribution < -0.4 is 0 Å². The molecule has 0 spiro atoms. The van der Waals surface area contributed by atoms with Gasteiger partial charge in [-0.25, -0.2) is 4.79 Å². The smallest absolute Gasteiger partial charge is 0.449 e. The molecular weight excluding hydrogens is 512 g/mol. The number of esters is 1. The minimum absolute atomic E-state index is 0.148. The summed E-state index contributed by atoms with van der Waals surface area (Å²) in [5.41, 5.74) is 0.354. The lowest BCUT2D eigenvalue weighted by atomic mass is 10.0. The minimum Gasteiger partial charge on any atom is -0.449 e. The molecule has 3 aliphatic carbocycles. The molecule has 3 rings (SSSR count). The summed E-state index contributed by atoms with van der Waals surface area (Å²) in [7, 11) is 0. The molecule has 5 nitrogen and oxygen atoms in total. The SMILES string of the molecule is C=C(C)C(=O)OCC(OC1=CCCCCCCCC1)(OC1=CCCCCCCCC1)OC1=CCCCCCCCC1. The number of carbonyl (C=O) groups is 1. The highest BCUT2D eigenvalue weighted by Gasteiger charge is 2.42. The van der Waals surface area contributed by atoms with Crippen LogP contribution in [0.2, 0.25) is 0 Å². The second-order valence-electron chi connectivity index (χ2n) is 12.3. The van der Waals surface area contributed by atoms with E-state index in [4.69, 9.17) is 18.9 Å². The second kappa shape index (κ2) is 19.9. The van der Waals surface area contributed by atoms with Gasteiger partial charge < -0.3 is 18.9 Å². The number of allylic oxidation sites excluding steroid dienone is 6. The van der Waals surface area contributed by atoms with Crippen LogP contribution in [0.3, 0.4) is 0 Å². The van der Waals surface area contributed by atoms with Crippen LogP contribution in [0, 0.1) is 0 Å². The Labute approximate surface area is 250 Å². The summed E-state index contributed by atoms with van der Waals surface area (Å²) in [6, 6.07) is 0. The highest BCUT2D eigenvalue weighted by Crippen LogP contribution is 2.34. The molecule has 0 saturated heterocycles. The maximum atomic E-state index is 12.7. The molecule has 0 atom stereocenters. The molecule has 41 heavy (non-hydrogen) atoms. The van der Waals surface area contributed by atoms with Crippen molar-refractivity contribution in [3.63, 3.8) is 0 Å². The predicted octanol–water partition coefficient (Wildman–Crippen LogP) is 10.9. The van der Waals surface area contributed by atoms with Gasteiger partial charge in [0.1, 0.15) is 17.3 Å². The van der Waals surface area contributed by atoms with E-state index in [1.165, 1.54) is 77.0 Å². The van der Waals surface area contributed by atoms with Gasteiger partial charge >= 0.3 is 11.9 Å². The standard InChI is InChI=1S/C36H58O5/c1-31(2)35(37)38-30-36(39-32-24-18-12-6-3-7-13-19-25-32,40-33-26-20-14-8-4-9-15-21-27-33)41-34-28-22-16-10-5-11-17-23-29-34/h24,26,28H,1,3-23,25,27,29-30H2,2H3. The van der Waals surface area contributed by atoms with Crippen LogP contribution in [0.25, 0.3) is 0 Å². The third kappa shape index (κ3) is 14.0. The zero-order chi connectivity index (χ0) is 29.0. The number of ether oxygens (including phenoxy) is 4. The van der Waals surface area contributed by atoms with E-state index in [1.54, 1.807) is 6.92 Å². The van der Waals surface area contributed by atoms with E-state index in [0.29, 0.717) is 5.57 Å². The first-order valence-corrected chi connectivity index (χ1v) is 17.0. The summed E-state index contributed by atoms with van der Waals surface area (Å²) in [4.78, 5) is 12.7. The molecule has 0 amide bonds. The molecule has 232 valence electrons. The van der Waals surface area contributed by atoms with Crippen LogP contribution in [0.1, 0.15) is 161 Å². The molecule has 0 aromatic rings. The topological polar surface area (TPSA) is 54.0 Å². The summed E-state index contributed by atoms with van der Waals surface area (Å²) >= 11 is 0. The van der Waals surface area contributed by atoms with Crippen molar-refractivity contribution >= 4 is 5.97 Å². The van der Waals surface area contributed by atoms with Crippen molar-refractivity contribution in [2.45, 2.75) is 167 Å². The summed E-state index contributed by atoms with van der Waals surface area (Å²) in [6.07, 6.45) is 33.8. The zero-order valence-corrected chi connectivity index (χ0v) is 26.2. The van der Waals surface area contributed by atoms with Gasteiger partial charge in [-0.2, -0.15) is 0 Å². The van der Waals surface area contributed by atoms with E-state index < -0.39 is 11.9 Å². The Morgan fingerprint density at radius 3 is 1.24 bits per heavy atom. The largest absolute Gasteiger partial charge is 0.453 e. The van der Waals surface area contributed by atoms with Gasteiger partial charge in [-0.3, -0.25) is 0 Å². The molecule has 0 fully saturated rings. The van der Waals surface area contributed by atoms with Crippen molar-refractivity contribution in [1.29, 1.82) is 0 Å². The number of hydrogen-bond acceptors (Lipinski definition) is 5. The van der Waals surface area contributed by atoms with E-state index >= 15 is 0 Å². The van der Waals surface area contributed by atoms with Gasteiger partial charge in [0.2, 0.25) is 6.61 Å². The van der Waals surface area contributed by atoms with Gasteiger partial charge in [0.25, 0.3) is 0 Å². The molecule has 0 N–H and O–H groups in total. The molecule has 0 aromatic carbocycles. The molecule has 0 aromatic heterocycles. The first-order chi connectivity index (χ1) is 20.1. The maximum absolute atomic E-state index is 12.7. The van der Waals surface area contributed by atoms with Crippen LogP contribution in [0.15, 0.2) is 47.7 Å². The highest BCUT2D eigenvalue weighted by atomic mass is 16.9. The highest BCUT2D eigenvalue weighted by molar-refractivity contribution is 5.86. The summed E-state index contributed by atoms with van der Waals surface area (Å²) in [5, 5.41) is 0. The average Bonchev–Trinajstić information content (AvgIpc) is 2.97. The van der Waals surface area contributed by atoms with Gasteiger partial charge in [-0.15, -0.1) is 0 Å². The molecule has 0 saturated carbocycles. The van der Waals surface area contributed by atoms with Gasteiger partial charge in [0.05, 0.1) is 0 Å². The Morgan fingerprint density at radius 1 is 0.585 bits per heavy atom. The van der Waals surface area contributed by atoms with Gasteiger partial charge in [-0.05, 0) is 82.9 Å². The first-order valence-electron chi connectivity index (χ1n) is 17.0. The lowest BCUT2D eigenvalue weighted by molar-refractivity contribution is -0.352. The molecule has 5 heteroatoms. The van der Waals surface area contributed by atoms with E-state index in [2.05, 4.69) is 24.8 Å². The first kappa shape index (κ1) is 33.3. The number of rotatable bonds is 9. The zero-order valence-electron chi connectivity index (χ0n) is 26.2. The Kier molecular flexibility index (Phi) is 16.1. The fourth-order valence-corrected chi connectivity index (χ4v) is 5.85. The van der Waals surface area contributed by atoms with Gasteiger partial charge in [0, 0.05) is 24.8 Å². The Morgan fingerprint density at radius 2 is 0.902 bits per heavy atom. The van der Waals surface area contributed by atoms with E-state index in [9.17, 15) is 4.79 Å². The summed E-state index contributed by atoms with van der Waals surface area (Å²) < 4.78 is 26.3. The van der Waals surface area contributed by atoms with Crippen molar-refractivity contribution in [2.75, 3.05) is 6.61 Å². The number of carbonyl (C=O) groups excluding carboxylic acids is 1. The second-order valence-corrected chi connectivity index (χ2v) is 12.3. The normalized spacial score (nSPS) is 22.3. The minimum atomic E-state index is -1.56. The lowest BCUT2D eigenvalue weighted by Crippen LogP contribution is -2.44. The Hall–Kier alpha value is -2.17. The Bertz CT molecular complexity index is 779. The predicted molar refractivity (Wildman–Crippen MR) is 167 cm³/mol. The molecule has 0 heterocycles. The van der Waals surface area contributed by atoms with Crippen LogP contribution >= 0.6 is 0 Å². The molecule has 0 aliphatic heterocycles. The molecule has 0 bridgehead atoms. The van der Waals surface area contributed by atoms with Crippen molar-refractivity contribution in [3.05, 3.63) is 47.7 Å². The average molecular weight is 571 g/mol. The van der Waals surface area contributed by atoms with Crippen molar-refractivity contribution in [3.8, 4) is 0 Å². The van der Waals surface area contributed by atoms with Crippen LogP contribution in [0.5, 0.6) is 0 Å². The van der Waals surface area contributed by atoms with Gasteiger partial charge in [-0.1, -0.05) is 83.6 Å². The lowest BCUT2D eigenvalue weighted by Gasteiger charge is -2.36. The van der Waals surface area contributed by atoms with Crippen LogP contribution in [-0.4, -0.2) is 18.5 Å².